The standard InChI is InChI=1S/C14H13NO3S/c1-2-11-6-8-12(9-7-11)15-19(17,18)14-5-3-4-13(16)10-14/h2-10,15-16H,1H2. The van der Waals surface area contributed by atoms with Crippen molar-refractivity contribution in [2.24, 2.45) is 0 Å². The Bertz CT molecular complexity index is 691. The molecule has 0 atom stereocenters. The Morgan fingerprint density at radius 1 is 1.11 bits per heavy atom. The van der Waals surface area contributed by atoms with Crippen molar-refractivity contribution >= 4 is 21.8 Å². The fourth-order valence-corrected chi connectivity index (χ4v) is 2.65. The van der Waals surface area contributed by atoms with E-state index in [1.54, 1.807) is 30.3 Å². The van der Waals surface area contributed by atoms with Crippen molar-refractivity contribution in [2.75, 3.05) is 4.72 Å². The minimum atomic E-state index is -3.69. The van der Waals surface area contributed by atoms with Gasteiger partial charge in [0, 0.05) is 11.8 Å². The molecule has 0 fully saturated rings. The van der Waals surface area contributed by atoms with E-state index in [0.717, 1.165) is 5.56 Å². The normalized spacial score (nSPS) is 10.9. The number of nitrogens with one attached hydrogen (secondary N) is 1. The van der Waals surface area contributed by atoms with Gasteiger partial charge < -0.3 is 5.11 Å². The molecule has 4 nitrogen and oxygen atoms in total. The van der Waals surface area contributed by atoms with Gasteiger partial charge >= 0.3 is 0 Å². The first-order chi connectivity index (χ1) is 9.01. The molecule has 19 heavy (non-hydrogen) atoms. The molecule has 5 heteroatoms. The van der Waals surface area contributed by atoms with Crippen LogP contribution in [-0.2, 0) is 10.0 Å². The van der Waals surface area contributed by atoms with Crippen molar-refractivity contribution in [3.05, 3.63) is 60.7 Å². The maximum atomic E-state index is 12.1. The van der Waals surface area contributed by atoms with Gasteiger partial charge in [0.2, 0.25) is 0 Å². The number of anilines is 1. The van der Waals surface area contributed by atoms with E-state index in [4.69, 9.17) is 0 Å². The van der Waals surface area contributed by atoms with Crippen molar-refractivity contribution in [3.8, 4) is 5.75 Å². The molecule has 0 aromatic heterocycles. The predicted molar refractivity (Wildman–Crippen MR) is 75.4 cm³/mol. The number of rotatable bonds is 4. The van der Waals surface area contributed by atoms with Gasteiger partial charge in [0.1, 0.15) is 5.75 Å². The van der Waals surface area contributed by atoms with Crippen LogP contribution in [0.5, 0.6) is 5.75 Å². The van der Waals surface area contributed by atoms with Gasteiger partial charge in [0.15, 0.2) is 0 Å². The Hall–Kier alpha value is -2.27. The molecule has 2 aromatic rings. The van der Waals surface area contributed by atoms with Crippen molar-refractivity contribution in [1.82, 2.24) is 0 Å². The third kappa shape index (κ3) is 3.14. The maximum Gasteiger partial charge on any atom is 0.262 e. The van der Waals surface area contributed by atoms with Crippen LogP contribution in [0, 0.1) is 0 Å². The van der Waals surface area contributed by atoms with Crippen molar-refractivity contribution in [1.29, 1.82) is 0 Å². The molecule has 0 spiro atoms. The van der Waals surface area contributed by atoms with E-state index in [1.807, 2.05) is 0 Å². The number of hydrogen-bond acceptors (Lipinski definition) is 3. The maximum absolute atomic E-state index is 12.1. The van der Waals surface area contributed by atoms with Crippen LogP contribution in [0.3, 0.4) is 0 Å². The van der Waals surface area contributed by atoms with Crippen LogP contribution in [-0.4, -0.2) is 13.5 Å². The fraction of sp³-hybridized carbons (Fsp3) is 0. The summed E-state index contributed by atoms with van der Waals surface area (Å²) in [6, 6.07) is 12.3. The van der Waals surface area contributed by atoms with Gasteiger partial charge in [0.25, 0.3) is 10.0 Å². The highest BCUT2D eigenvalue weighted by atomic mass is 32.2. The number of benzene rings is 2. The largest absolute Gasteiger partial charge is 0.508 e. The van der Waals surface area contributed by atoms with Crippen LogP contribution in [0.15, 0.2) is 60.0 Å². The van der Waals surface area contributed by atoms with Crippen LogP contribution >= 0.6 is 0 Å². The molecule has 0 aliphatic heterocycles. The van der Waals surface area contributed by atoms with Gasteiger partial charge in [-0.3, -0.25) is 4.72 Å². The Morgan fingerprint density at radius 3 is 2.37 bits per heavy atom. The number of sulfonamides is 1. The lowest BCUT2D eigenvalue weighted by atomic mass is 10.2. The topological polar surface area (TPSA) is 66.4 Å². The summed E-state index contributed by atoms with van der Waals surface area (Å²) in [5, 5.41) is 9.31. The molecule has 0 aliphatic rings. The van der Waals surface area contributed by atoms with Gasteiger partial charge in [0.05, 0.1) is 4.90 Å². The molecule has 0 unspecified atom stereocenters. The zero-order valence-corrected chi connectivity index (χ0v) is 10.9. The van der Waals surface area contributed by atoms with Crippen LogP contribution in [0.25, 0.3) is 6.08 Å². The highest BCUT2D eigenvalue weighted by Gasteiger charge is 2.14. The number of aromatic hydroxyl groups is 1. The lowest BCUT2D eigenvalue weighted by Gasteiger charge is -2.08. The summed E-state index contributed by atoms with van der Waals surface area (Å²) in [7, 11) is -3.69. The summed E-state index contributed by atoms with van der Waals surface area (Å²) in [4.78, 5) is 0.0142. The second kappa shape index (κ2) is 5.16. The van der Waals surface area contributed by atoms with E-state index in [-0.39, 0.29) is 10.6 Å². The molecule has 0 saturated carbocycles. The molecule has 2 N–H and O–H groups in total. The zero-order valence-electron chi connectivity index (χ0n) is 10.1. The predicted octanol–water partition coefficient (Wildman–Crippen LogP) is 2.84. The van der Waals surface area contributed by atoms with E-state index in [1.165, 1.54) is 24.3 Å². The van der Waals surface area contributed by atoms with Gasteiger partial charge in [-0.25, -0.2) is 8.42 Å². The Balaban J connectivity index is 2.28. The summed E-state index contributed by atoms with van der Waals surface area (Å²) in [6.07, 6.45) is 1.67. The lowest BCUT2D eigenvalue weighted by Crippen LogP contribution is -2.12. The molecular formula is C14H13NO3S. The van der Waals surface area contributed by atoms with Gasteiger partial charge in [-0.2, -0.15) is 0 Å². The zero-order chi connectivity index (χ0) is 13.9. The molecule has 0 saturated heterocycles. The fourth-order valence-electron chi connectivity index (χ4n) is 1.55. The number of phenolic OH excluding ortho intramolecular Hbond substituents is 1. The smallest absolute Gasteiger partial charge is 0.262 e. The van der Waals surface area contributed by atoms with Crippen LogP contribution in [0.2, 0.25) is 0 Å². The molecule has 0 heterocycles. The monoisotopic (exact) mass is 275 g/mol. The molecule has 0 bridgehead atoms. The number of hydrogen-bond donors (Lipinski definition) is 2. The average Bonchev–Trinajstić information content (AvgIpc) is 2.39. The summed E-state index contributed by atoms with van der Waals surface area (Å²) < 4.78 is 26.6. The first-order valence-corrected chi connectivity index (χ1v) is 7.04. The van der Waals surface area contributed by atoms with Gasteiger partial charge in [-0.05, 0) is 29.8 Å². The first-order valence-electron chi connectivity index (χ1n) is 5.55. The second-order valence-electron chi connectivity index (χ2n) is 3.93. The van der Waals surface area contributed by atoms with Crippen LogP contribution in [0.4, 0.5) is 5.69 Å². The van der Waals surface area contributed by atoms with Crippen molar-refractivity contribution in [2.45, 2.75) is 4.90 Å². The minimum absolute atomic E-state index is 0.0142. The first kappa shape index (κ1) is 13.2. The highest BCUT2D eigenvalue weighted by Crippen LogP contribution is 2.20. The highest BCUT2D eigenvalue weighted by molar-refractivity contribution is 7.92. The van der Waals surface area contributed by atoms with E-state index in [9.17, 15) is 13.5 Å². The molecule has 2 rings (SSSR count). The van der Waals surface area contributed by atoms with Crippen molar-refractivity contribution < 1.29 is 13.5 Å². The third-order valence-electron chi connectivity index (χ3n) is 2.53. The van der Waals surface area contributed by atoms with E-state index >= 15 is 0 Å². The Labute approximate surface area is 112 Å². The van der Waals surface area contributed by atoms with Gasteiger partial charge in [-0.1, -0.05) is 30.9 Å². The molecule has 0 aliphatic carbocycles. The SMILES string of the molecule is C=Cc1ccc(NS(=O)(=O)c2cccc(O)c2)cc1. The second-order valence-corrected chi connectivity index (χ2v) is 5.61. The molecular weight excluding hydrogens is 262 g/mol. The molecule has 0 amide bonds. The van der Waals surface area contributed by atoms with Crippen LogP contribution < -0.4 is 4.72 Å². The van der Waals surface area contributed by atoms with Crippen molar-refractivity contribution in [3.63, 3.8) is 0 Å². The summed E-state index contributed by atoms with van der Waals surface area (Å²) in [6.45, 7) is 3.63. The summed E-state index contributed by atoms with van der Waals surface area (Å²) in [5.74, 6) is -0.0927. The van der Waals surface area contributed by atoms with E-state index in [0.29, 0.717) is 5.69 Å². The lowest BCUT2D eigenvalue weighted by molar-refractivity contribution is 0.473. The Kier molecular flexibility index (Phi) is 3.57. The minimum Gasteiger partial charge on any atom is -0.508 e. The van der Waals surface area contributed by atoms with E-state index < -0.39 is 10.0 Å². The van der Waals surface area contributed by atoms with Crippen LogP contribution in [0.1, 0.15) is 5.56 Å². The molecule has 98 valence electrons. The molecule has 2 aromatic carbocycles. The number of phenols is 1. The average molecular weight is 275 g/mol. The Morgan fingerprint density at radius 2 is 1.79 bits per heavy atom. The third-order valence-corrected chi connectivity index (χ3v) is 3.91. The van der Waals surface area contributed by atoms with Gasteiger partial charge in [-0.15, -0.1) is 0 Å². The van der Waals surface area contributed by atoms with E-state index in [2.05, 4.69) is 11.3 Å². The molecule has 0 radical (unpaired) electrons. The quantitative estimate of drug-likeness (QED) is 0.901. The summed E-state index contributed by atoms with van der Waals surface area (Å²) >= 11 is 0. The summed E-state index contributed by atoms with van der Waals surface area (Å²) in [5.41, 5.74) is 1.36.